The van der Waals surface area contributed by atoms with Gasteiger partial charge >= 0.3 is 0 Å². The molecule has 0 spiro atoms. The Hall–Kier alpha value is -0.0200. The van der Waals surface area contributed by atoms with Crippen LogP contribution in [-0.4, -0.2) is 23.8 Å². The van der Waals surface area contributed by atoms with Gasteiger partial charge in [-0.25, -0.2) is 0 Å². The highest BCUT2D eigenvalue weighted by molar-refractivity contribution is 7.99. The number of nitrogens with two attached hydrogens (primary N) is 1. The van der Waals surface area contributed by atoms with Crippen molar-refractivity contribution in [3.05, 3.63) is 0 Å². The van der Waals surface area contributed by atoms with Gasteiger partial charge in [0.05, 0.1) is 0 Å². The van der Waals surface area contributed by atoms with E-state index in [9.17, 15) is 4.79 Å². The van der Waals surface area contributed by atoms with Crippen molar-refractivity contribution in [2.24, 2.45) is 11.7 Å². The smallest absolute Gasteiger partial charge is 0.138 e. The molecule has 2 nitrogen and oxygen atoms in total. The van der Waals surface area contributed by atoms with Crippen LogP contribution in [0.15, 0.2) is 0 Å². The van der Waals surface area contributed by atoms with E-state index in [1.165, 1.54) is 12.2 Å². The van der Waals surface area contributed by atoms with Gasteiger partial charge in [-0.2, -0.15) is 11.8 Å². The van der Waals surface area contributed by atoms with Gasteiger partial charge in [0.1, 0.15) is 5.78 Å². The molecule has 64 valence electrons. The lowest BCUT2D eigenvalue weighted by Gasteiger charge is -2.19. The summed E-state index contributed by atoms with van der Waals surface area (Å²) in [4.78, 5) is 11.3. The molecule has 0 bridgehead atoms. The molecule has 1 unspecified atom stereocenters. The van der Waals surface area contributed by atoms with Crippen molar-refractivity contribution in [2.45, 2.75) is 19.3 Å². The van der Waals surface area contributed by atoms with Gasteiger partial charge < -0.3 is 5.73 Å². The van der Waals surface area contributed by atoms with E-state index in [-0.39, 0.29) is 0 Å². The first-order chi connectivity index (χ1) is 5.34. The molecule has 2 N–H and O–H groups in total. The Morgan fingerprint density at radius 2 is 2.45 bits per heavy atom. The minimum absolute atomic E-state index is 0.317. The zero-order valence-electron chi connectivity index (χ0n) is 6.71. The molecule has 0 amide bonds. The second kappa shape index (κ2) is 4.78. The number of rotatable bonds is 3. The normalized spacial score (nSPS) is 25.0. The van der Waals surface area contributed by atoms with E-state index in [2.05, 4.69) is 0 Å². The molecule has 0 aromatic carbocycles. The van der Waals surface area contributed by atoms with Gasteiger partial charge in [0.2, 0.25) is 0 Å². The third-order valence-corrected chi connectivity index (χ3v) is 3.22. The van der Waals surface area contributed by atoms with Gasteiger partial charge in [-0.1, -0.05) is 0 Å². The van der Waals surface area contributed by atoms with Crippen molar-refractivity contribution in [1.82, 2.24) is 0 Å². The summed E-state index contributed by atoms with van der Waals surface area (Å²) in [5.41, 5.74) is 5.31. The first kappa shape index (κ1) is 9.07. The molecular weight excluding hydrogens is 158 g/mol. The third-order valence-electron chi connectivity index (χ3n) is 2.01. The summed E-state index contributed by atoms with van der Waals surface area (Å²) in [7, 11) is 0. The van der Waals surface area contributed by atoms with Crippen LogP contribution in [0.1, 0.15) is 19.3 Å². The van der Waals surface area contributed by atoms with E-state index in [0.717, 1.165) is 12.2 Å². The Morgan fingerprint density at radius 3 is 3.00 bits per heavy atom. The summed E-state index contributed by atoms with van der Waals surface area (Å²) < 4.78 is 0. The third kappa shape index (κ3) is 2.83. The minimum Gasteiger partial charge on any atom is -0.330 e. The second-order valence-electron chi connectivity index (χ2n) is 2.92. The fourth-order valence-electron chi connectivity index (χ4n) is 1.34. The van der Waals surface area contributed by atoms with E-state index in [1.54, 1.807) is 0 Å². The summed E-state index contributed by atoms with van der Waals surface area (Å²) in [6, 6.07) is 0. The van der Waals surface area contributed by atoms with E-state index >= 15 is 0 Å². The Bertz CT molecular complexity index is 132. The van der Waals surface area contributed by atoms with E-state index in [0.29, 0.717) is 24.7 Å². The van der Waals surface area contributed by atoms with Crippen LogP contribution in [-0.2, 0) is 4.79 Å². The number of hydrogen-bond acceptors (Lipinski definition) is 3. The molecule has 1 fully saturated rings. The van der Waals surface area contributed by atoms with Crippen LogP contribution in [0.2, 0.25) is 0 Å². The zero-order valence-corrected chi connectivity index (χ0v) is 7.53. The molecule has 0 aromatic heterocycles. The molecule has 3 heteroatoms. The summed E-state index contributed by atoms with van der Waals surface area (Å²) in [5.74, 6) is 2.95. The van der Waals surface area contributed by atoms with Crippen molar-refractivity contribution in [3.63, 3.8) is 0 Å². The standard InChI is InChI=1S/C8H15NOS/c9-4-3-8(10)7-2-1-5-11-6-7/h7H,1-6,9H2. The summed E-state index contributed by atoms with van der Waals surface area (Å²) in [5, 5.41) is 0. The van der Waals surface area contributed by atoms with Gasteiger partial charge in [-0.3, -0.25) is 4.79 Å². The molecule has 1 rings (SSSR count). The Balaban J connectivity index is 2.27. The molecule has 11 heavy (non-hydrogen) atoms. The average Bonchev–Trinajstić information content (AvgIpc) is 2.07. The van der Waals surface area contributed by atoms with E-state index in [4.69, 9.17) is 5.73 Å². The molecule has 1 aliphatic rings. The van der Waals surface area contributed by atoms with Crippen LogP contribution in [0.4, 0.5) is 0 Å². The van der Waals surface area contributed by atoms with Crippen LogP contribution in [0.3, 0.4) is 0 Å². The van der Waals surface area contributed by atoms with E-state index in [1.807, 2.05) is 11.8 Å². The molecule has 0 aliphatic carbocycles. The topological polar surface area (TPSA) is 43.1 Å². The van der Waals surface area contributed by atoms with Crippen molar-refractivity contribution in [2.75, 3.05) is 18.1 Å². The molecule has 0 radical (unpaired) electrons. The summed E-state index contributed by atoms with van der Waals surface area (Å²) in [6.07, 6.45) is 2.86. The highest BCUT2D eigenvalue weighted by atomic mass is 32.2. The van der Waals surface area contributed by atoms with Gasteiger partial charge in [0.25, 0.3) is 0 Å². The molecule has 0 aromatic rings. The molecule has 0 saturated carbocycles. The van der Waals surface area contributed by atoms with Crippen molar-refractivity contribution in [3.8, 4) is 0 Å². The maximum absolute atomic E-state index is 11.3. The predicted molar refractivity (Wildman–Crippen MR) is 48.7 cm³/mol. The van der Waals surface area contributed by atoms with Gasteiger partial charge in [-0.15, -0.1) is 0 Å². The second-order valence-corrected chi connectivity index (χ2v) is 4.07. The maximum Gasteiger partial charge on any atom is 0.138 e. The lowest BCUT2D eigenvalue weighted by atomic mass is 9.98. The van der Waals surface area contributed by atoms with Crippen LogP contribution in [0.5, 0.6) is 0 Å². The van der Waals surface area contributed by atoms with Crippen LogP contribution < -0.4 is 5.73 Å². The maximum atomic E-state index is 11.3. The van der Waals surface area contributed by atoms with Gasteiger partial charge in [0.15, 0.2) is 0 Å². The monoisotopic (exact) mass is 173 g/mol. The van der Waals surface area contributed by atoms with Gasteiger partial charge in [-0.05, 0) is 25.1 Å². The number of hydrogen-bond donors (Lipinski definition) is 1. The van der Waals surface area contributed by atoms with Crippen LogP contribution in [0.25, 0.3) is 0 Å². The highest BCUT2D eigenvalue weighted by Crippen LogP contribution is 2.23. The summed E-state index contributed by atoms with van der Waals surface area (Å²) >= 11 is 1.90. The Morgan fingerprint density at radius 1 is 1.64 bits per heavy atom. The first-order valence-electron chi connectivity index (χ1n) is 4.15. The fraction of sp³-hybridized carbons (Fsp3) is 0.875. The molecular formula is C8H15NOS. The molecule has 1 saturated heterocycles. The van der Waals surface area contributed by atoms with Crippen molar-refractivity contribution < 1.29 is 4.79 Å². The zero-order chi connectivity index (χ0) is 8.10. The van der Waals surface area contributed by atoms with Crippen molar-refractivity contribution in [1.29, 1.82) is 0 Å². The SMILES string of the molecule is NCCC(=O)C1CCCSC1. The minimum atomic E-state index is 0.317. The predicted octanol–water partition coefficient (Wildman–Crippen LogP) is 1.05. The number of carbonyl (C=O) groups is 1. The largest absolute Gasteiger partial charge is 0.330 e. The van der Waals surface area contributed by atoms with Crippen molar-refractivity contribution >= 4 is 17.5 Å². The molecule has 1 heterocycles. The fourth-order valence-corrected chi connectivity index (χ4v) is 2.52. The number of thioether (sulfide) groups is 1. The number of Topliss-reactive ketones (excluding diaryl/α,β-unsaturated/α-hetero) is 1. The lowest BCUT2D eigenvalue weighted by Crippen LogP contribution is -2.22. The lowest BCUT2D eigenvalue weighted by molar-refractivity contribution is -0.122. The number of carbonyl (C=O) groups excluding carboxylic acids is 1. The Labute approximate surface area is 71.9 Å². The highest BCUT2D eigenvalue weighted by Gasteiger charge is 2.19. The van der Waals surface area contributed by atoms with E-state index < -0.39 is 0 Å². The number of ketones is 1. The Kier molecular flexibility index (Phi) is 3.94. The van der Waals surface area contributed by atoms with Crippen LogP contribution >= 0.6 is 11.8 Å². The average molecular weight is 173 g/mol. The molecule has 1 aliphatic heterocycles. The summed E-state index contributed by atoms with van der Waals surface area (Å²) in [6.45, 7) is 0.514. The van der Waals surface area contributed by atoms with Crippen LogP contribution in [0, 0.1) is 5.92 Å². The van der Waals surface area contributed by atoms with Gasteiger partial charge in [0, 0.05) is 18.1 Å². The first-order valence-corrected chi connectivity index (χ1v) is 5.30. The molecule has 1 atom stereocenters. The quantitative estimate of drug-likeness (QED) is 0.693.